The summed E-state index contributed by atoms with van der Waals surface area (Å²) in [4.78, 5) is 3.19. The van der Waals surface area contributed by atoms with Gasteiger partial charge in [-0.2, -0.15) is 0 Å². The number of rotatable bonds is 4. The second-order valence-electron chi connectivity index (χ2n) is 6.11. The largest absolute Gasteiger partial charge is 0.489 e. The molecule has 3 heteroatoms. The molecule has 1 heterocycles. The monoisotopic (exact) mass is 331 g/mol. The second kappa shape index (κ2) is 6.44. The first-order valence-electron chi connectivity index (χ1n) is 8.26. The number of halogens is 1. The maximum absolute atomic E-state index is 15.0. The van der Waals surface area contributed by atoms with Crippen LogP contribution in [0.3, 0.4) is 0 Å². The molecule has 0 atom stereocenters. The summed E-state index contributed by atoms with van der Waals surface area (Å²) in [6, 6.07) is 23.2. The molecule has 0 bridgehead atoms. The minimum absolute atomic E-state index is 0.241. The average Bonchev–Trinajstić information content (AvgIpc) is 2.97. The molecule has 0 aliphatic heterocycles. The first kappa shape index (κ1) is 15.5. The molecule has 0 amide bonds. The molecule has 25 heavy (non-hydrogen) atoms. The molecule has 4 aromatic rings. The summed E-state index contributed by atoms with van der Waals surface area (Å²) in [6.45, 7) is 2.44. The minimum atomic E-state index is -0.241. The van der Waals surface area contributed by atoms with E-state index in [0.717, 1.165) is 22.2 Å². The highest BCUT2D eigenvalue weighted by Gasteiger charge is 2.15. The number of aryl methyl sites for hydroxylation is 1. The van der Waals surface area contributed by atoms with E-state index in [1.165, 1.54) is 0 Å². The maximum atomic E-state index is 15.0. The Bertz CT molecular complexity index is 1020. The molecular weight excluding hydrogens is 313 g/mol. The lowest BCUT2D eigenvalue weighted by Crippen LogP contribution is -1.94. The van der Waals surface area contributed by atoms with Crippen LogP contribution in [-0.4, -0.2) is 4.98 Å². The number of nitrogens with one attached hydrogen (secondary N) is 1. The molecule has 0 fully saturated rings. The van der Waals surface area contributed by atoms with E-state index < -0.39 is 0 Å². The molecule has 0 saturated carbocycles. The minimum Gasteiger partial charge on any atom is -0.489 e. The van der Waals surface area contributed by atoms with Crippen LogP contribution in [0.2, 0.25) is 0 Å². The van der Waals surface area contributed by atoms with E-state index in [-0.39, 0.29) is 5.82 Å². The van der Waals surface area contributed by atoms with Crippen molar-refractivity contribution in [3.63, 3.8) is 0 Å². The zero-order valence-electron chi connectivity index (χ0n) is 13.9. The van der Waals surface area contributed by atoms with Gasteiger partial charge in [0.1, 0.15) is 12.4 Å². The molecule has 0 radical (unpaired) electrons. The van der Waals surface area contributed by atoms with Crippen molar-refractivity contribution in [2.75, 3.05) is 0 Å². The zero-order chi connectivity index (χ0) is 17.2. The molecule has 0 aliphatic carbocycles. The molecule has 3 aromatic carbocycles. The fourth-order valence-corrected chi connectivity index (χ4v) is 3.01. The number of aromatic amines is 1. The van der Waals surface area contributed by atoms with Crippen LogP contribution in [0.15, 0.2) is 72.8 Å². The predicted octanol–water partition coefficient (Wildman–Crippen LogP) is 5.86. The predicted molar refractivity (Wildman–Crippen MR) is 99.2 cm³/mol. The van der Waals surface area contributed by atoms with Gasteiger partial charge in [0.15, 0.2) is 5.82 Å². The van der Waals surface area contributed by atoms with Crippen molar-refractivity contribution in [1.29, 1.82) is 0 Å². The standard InChI is InChI=1S/C22H18FNO/c1-15-7-5-6-10-18(15)22-21(23)19-13-17(11-12-20(19)24-22)25-14-16-8-3-2-4-9-16/h2-13,24H,14H2,1H3. The Kier molecular flexibility index (Phi) is 3.98. The van der Waals surface area contributed by atoms with Crippen LogP contribution < -0.4 is 4.74 Å². The van der Waals surface area contributed by atoms with Gasteiger partial charge in [-0.15, -0.1) is 0 Å². The average molecular weight is 331 g/mol. The highest BCUT2D eigenvalue weighted by atomic mass is 19.1. The summed E-state index contributed by atoms with van der Waals surface area (Å²) in [5.74, 6) is 0.417. The summed E-state index contributed by atoms with van der Waals surface area (Å²) >= 11 is 0. The smallest absolute Gasteiger partial charge is 0.156 e. The number of H-pyrrole nitrogens is 1. The van der Waals surface area contributed by atoms with Crippen molar-refractivity contribution in [3.05, 3.63) is 89.7 Å². The summed E-state index contributed by atoms with van der Waals surface area (Å²) in [5, 5.41) is 0.545. The summed E-state index contributed by atoms with van der Waals surface area (Å²) < 4.78 is 20.8. The molecule has 0 saturated heterocycles. The van der Waals surface area contributed by atoms with E-state index >= 15 is 0 Å². The molecule has 0 unspecified atom stereocenters. The topological polar surface area (TPSA) is 25.0 Å². The van der Waals surface area contributed by atoms with Crippen LogP contribution >= 0.6 is 0 Å². The van der Waals surface area contributed by atoms with Crippen LogP contribution in [0.25, 0.3) is 22.2 Å². The molecule has 0 aliphatic rings. The zero-order valence-corrected chi connectivity index (χ0v) is 13.9. The van der Waals surface area contributed by atoms with Crippen molar-refractivity contribution in [1.82, 2.24) is 4.98 Å². The fraction of sp³-hybridized carbons (Fsp3) is 0.0909. The van der Waals surface area contributed by atoms with Crippen molar-refractivity contribution in [3.8, 4) is 17.0 Å². The number of ether oxygens (including phenoxy) is 1. The molecule has 1 N–H and O–H groups in total. The fourth-order valence-electron chi connectivity index (χ4n) is 3.01. The Morgan fingerprint density at radius 3 is 2.48 bits per heavy atom. The second-order valence-corrected chi connectivity index (χ2v) is 6.11. The normalized spacial score (nSPS) is 11.0. The van der Waals surface area contributed by atoms with Crippen LogP contribution in [0.1, 0.15) is 11.1 Å². The number of aromatic nitrogens is 1. The van der Waals surface area contributed by atoms with Gasteiger partial charge in [0.25, 0.3) is 0 Å². The Morgan fingerprint density at radius 1 is 0.920 bits per heavy atom. The molecule has 4 rings (SSSR count). The van der Waals surface area contributed by atoms with E-state index in [1.807, 2.05) is 73.7 Å². The van der Waals surface area contributed by atoms with Crippen molar-refractivity contribution < 1.29 is 9.13 Å². The first-order valence-corrected chi connectivity index (χ1v) is 8.26. The van der Waals surface area contributed by atoms with Crippen LogP contribution in [-0.2, 0) is 6.61 Å². The molecule has 1 aromatic heterocycles. The summed E-state index contributed by atoms with van der Waals surface area (Å²) in [7, 11) is 0. The van der Waals surface area contributed by atoms with Gasteiger partial charge < -0.3 is 9.72 Å². The molecule has 0 spiro atoms. The highest BCUT2D eigenvalue weighted by Crippen LogP contribution is 2.32. The van der Waals surface area contributed by atoms with E-state index in [2.05, 4.69) is 4.98 Å². The highest BCUT2D eigenvalue weighted by molar-refractivity contribution is 5.88. The van der Waals surface area contributed by atoms with Gasteiger partial charge in [0, 0.05) is 16.5 Å². The third kappa shape index (κ3) is 3.01. The lowest BCUT2D eigenvalue weighted by molar-refractivity contribution is 0.306. The molecular formula is C22H18FNO. The third-order valence-corrected chi connectivity index (χ3v) is 4.37. The van der Waals surface area contributed by atoms with Crippen LogP contribution in [0, 0.1) is 12.7 Å². The van der Waals surface area contributed by atoms with Crippen LogP contribution in [0.4, 0.5) is 4.39 Å². The van der Waals surface area contributed by atoms with E-state index in [1.54, 1.807) is 6.07 Å². The van der Waals surface area contributed by atoms with Crippen molar-refractivity contribution in [2.45, 2.75) is 13.5 Å². The Labute approximate surface area is 145 Å². The van der Waals surface area contributed by atoms with E-state index in [9.17, 15) is 4.39 Å². The van der Waals surface area contributed by atoms with Gasteiger partial charge in [0.05, 0.1) is 5.69 Å². The van der Waals surface area contributed by atoms with E-state index in [4.69, 9.17) is 4.74 Å². The molecule has 124 valence electrons. The van der Waals surface area contributed by atoms with E-state index in [0.29, 0.717) is 23.4 Å². The van der Waals surface area contributed by atoms with Gasteiger partial charge in [-0.05, 0) is 36.2 Å². The number of fused-ring (bicyclic) bond motifs is 1. The van der Waals surface area contributed by atoms with Gasteiger partial charge in [-0.1, -0.05) is 54.6 Å². The number of hydrogen-bond donors (Lipinski definition) is 1. The SMILES string of the molecule is Cc1ccccc1-c1[nH]c2ccc(OCc3ccccc3)cc2c1F. The summed E-state index contributed by atoms with van der Waals surface area (Å²) in [5.41, 5.74) is 4.28. The van der Waals surface area contributed by atoms with Gasteiger partial charge in [-0.3, -0.25) is 0 Å². The Balaban J connectivity index is 1.67. The Hall–Kier alpha value is -3.07. The number of hydrogen-bond acceptors (Lipinski definition) is 1. The molecule has 2 nitrogen and oxygen atoms in total. The number of benzene rings is 3. The maximum Gasteiger partial charge on any atom is 0.156 e. The van der Waals surface area contributed by atoms with Gasteiger partial charge >= 0.3 is 0 Å². The lowest BCUT2D eigenvalue weighted by Gasteiger charge is -2.06. The van der Waals surface area contributed by atoms with Crippen molar-refractivity contribution >= 4 is 10.9 Å². The lowest BCUT2D eigenvalue weighted by atomic mass is 10.1. The Morgan fingerprint density at radius 2 is 1.68 bits per heavy atom. The van der Waals surface area contributed by atoms with Crippen LogP contribution in [0.5, 0.6) is 5.75 Å². The van der Waals surface area contributed by atoms with Crippen molar-refractivity contribution in [2.24, 2.45) is 0 Å². The summed E-state index contributed by atoms with van der Waals surface area (Å²) in [6.07, 6.45) is 0. The first-order chi connectivity index (χ1) is 12.2. The van der Waals surface area contributed by atoms with Gasteiger partial charge in [-0.25, -0.2) is 4.39 Å². The van der Waals surface area contributed by atoms with Gasteiger partial charge in [0.2, 0.25) is 0 Å². The third-order valence-electron chi connectivity index (χ3n) is 4.37. The quantitative estimate of drug-likeness (QED) is 0.497.